The summed E-state index contributed by atoms with van der Waals surface area (Å²) in [5, 5.41) is 3.41. The van der Waals surface area contributed by atoms with Crippen LogP contribution in [0, 0.1) is 5.82 Å². The van der Waals surface area contributed by atoms with E-state index >= 15 is 0 Å². The number of pyridine rings is 1. The third-order valence-corrected chi connectivity index (χ3v) is 5.73. The van der Waals surface area contributed by atoms with E-state index in [0.717, 1.165) is 40.2 Å². The Morgan fingerprint density at radius 3 is 2.66 bits per heavy atom. The lowest BCUT2D eigenvalue weighted by Crippen LogP contribution is -2.13. The zero-order chi connectivity index (χ0) is 20.2. The number of hydrogen-bond acceptors (Lipinski definition) is 5. The number of hydrogen-bond donors (Lipinski definition) is 2. The van der Waals surface area contributed by atoms with Crippen LogP contribution in [0.2, 0.25) is 0 Å². The van der Waals surface area contributed by atoms with Gasteiger partial charge in [0.1, 0.15) is 5.75 Å². The van der Waals surface area contributed by atoms with Crippen molar-refractivity contribution >= 4 is 27.2 Å². The molecule has 0 saturated carbocycles. The number of rotatable bonds is 7. The second kappa shape index (κ2) is 8.59. The maximum atomic E-state index is 14.1. The van der Waals surface area contributed by atoms with Crippen LogP contribution in [0.15, 0.2) is 60.8 Å². The van der Waals surface area contributed by atoms with Gasteiger partial charge in [0.25, 0.3) is 0 Å². The Morgan fingerprint density at radius 1 is 1.07 bits per heavy atom. The van der Waals surface area contributed by atoms with Crippen molar-refractivity contribution in [1.29, 1.82) is 0 Å². The van der Waals surface area contributed by atoms with Gasteiger partial charge in [-0.05, 0) is 42.3 Å². The van der Waals surface area contributed by atoms with Crippen LogP contribution >= 0.6 is 11.3 Å². The second-order valence-corrected chi connectivity index (χ2v) is 7.85. The van der Waals surface area contributed by atoms with Gasteiger partial charge in [0.2, 0.25) is 0 Å². The summed E-state index contributed by atoms with van der Waals surface area (Å²) in [4.78, 5) is 5.53. The van der Waals surface area contributed by atoms with E-state index in [2.05, 4.69) is 41.5 Å². The van der Waals surface area contributed by atoms with Gasteiger partial charge in [-0.1, -0.05) is 31.2 Å². The maximum absolute atomic E-state index is 14.1. The molecule has 0 aliphatic rings. The fraction of sp³-hybridized carbons (Fsp3) is 0.174. The molecule has 0 radical (unpaired) electrons. The Labute approximate surface area is 173 Å². The number of ether oxygens (including phenoxy) is 1. The molecule has 2 aromatic carbocycles. The molecule has 0 atom stereocenters. The lowest BCUT2D eigenvalue weighted by Gasteiger charge is -2.07. The molecule has 4 aromatic rings. The van der Waals surface area contributed by atoms with Crippen LogP contribution in [0.3, 0.4) is 0 Å². The first-order valence-electron chi connectivity index (χ1n) is 9.55. The highest BCUT2D eigenvalue weighted by Crippen LogP contribution is 2.39. The lowest BCUT2D eigenvalue weighted by atomic mass is 10.1. The second-order valence-electron chi connectivity index (χ2n) is 6.80. The molecule has 0 aliphatic carbocycles. The number of thiophene rings is 1. The van der Waals surface area contributed by atoms with E-state index < -0.39 is 5.82 Å². The normalized spacial score (nSPS) is 11.1. The van der Waals surface area contributed by atoms with Crippen LogP contribution in [0.4, 0.5) is 10.1 Å². The summed E-state index contributed by atoms with van der Waals surface area (Å²) in [5.74, 6) is 0.236. The topological polar surface area (TPSA) is 60.2 Å². The molecule has 3 N–H and O–H groups in total. The minimum Gasteiger partial charge on any atom is -0.453 e. The van der Waals surface area contributed by atoms with E-state index in [1.54, 1.807) is 29.7 Å². The SMILES string of the molecule is CCCNCc1ccc(-c2cc3nccc(Oc4ccc(N)cc4F)c3s2)cc1. The summed E-state index contributed by atoms with van der Waals surface area (Å²) in [7, 11) is 0. The Morgan fingerprint density at radius 2 is 1.90 bits per heavy atom. The molecule has 0 amide bonds. The van der Waals surface area contributed by atoms with Crippen LogP contribution in [-0.4, -0.2) is 11.5 Å². The van der Waals surface area contributed by atoms with Crippen molar-refractivity contribution in [2.24, 2.45) is 0 Å². The van der Waals surface area contributed by atoms with Crippen molar-refractivity contribution < 1.29 is 9.13 Å². The first-order chi connectivity index (χ1) is 14.1. The molecule has 148 valence electrons. The monoisotopic (exact) mass is 407 g/mol. The molecule has 4 rings (SSSR count). The number of halogens is 1. The zero-order valence-corrected chi connectivity index (χ0v) is 16.9. The highest BCUT2D eigenvalue weighted by molar-refractivity contribution is 7.22. The molecule has 0 unspecified atom stereocenters. The Balaban J connectivity index is 1.60. The van der Waals surface area contributed by atoms with E-state index in [1.807, 2.05) is 6.07 Å². The van der Waals surface area contributed by atoms with Gasteiger partial charge in [0.05, 0.1) is 10.2 Å². The zero-order valence-electron chi connectivity index (χ0n) is 16.1. The van der Waals surface area contributed by atoms with E-state index in [9.17, 15) is 4.39 Å². The molecule has 4 nitrogen and oxygen atoms in total. The van der Waals surface area contributed by atoms with Crippen molar-refractivity contribution in [1.82, 2.24) is 10.3 Å². The molecule has 0 saturated heterocycles. The number of nitrogens with two attached hydrogens (primary N) is 1. The Hall–Kier alpha value is -2.96. The smallest absolute Gasteiger partial charge is 0.167 e. The molecular formula is C23H22FN3OS. The van der Waals surface area contributed by atoms with Crippen molar-refractivity contribution in [3.8, 4) is 21.9 Å². The maximum Gasteiger partial charge on any atom is 0.167 e. The van der Waals surface area contributed by atoms with Gasteiger partial charge in [0.15, 0.2) is 11.6 Å². The number of anilines is 1. The third kappa shape index (κ3) is 4.39. The van der Waals surface area contributed by atoms with Gasteiger partial charge < -0.3 is 15.8 Å². The van der Waals surface area contributed by atoms with Gasteiger partial charge in [-0.3, -0.25) is 4.98 Å². The quantitative estimate of drug-likeness (QED) is 0.292. The van der Waals surface area contributed by atoms with Crippen LogP contribution in [0.1, 0.15) is 18.9 Å². The predicted octanol–water partition coefficient (Wildman–Crippen LogP) is 5.98. The molecular weight excluding hydrogens is 385 g/mol. The van der Waals surface area contributed by atoms with Gasteiger partial charge in [0, 0.05) is 35.4 Å². The van der Waals surface area contributed by atoms with Crippen LogP contribution in [0.5, 0.6) is 11.5 Å². The van der Waals surface area contributed by atoms with Gasteiger partial charge >= 0.3 is 0 Å². The van der Waals surface area contributed by atoms with Crippen molar-refractivity contribution in [2.75, 3.05) is 12.3 Å². The average Bonchev–Trinajstić information content (AvgIpc) is 3.16. The van der Waals surface area contributed by atoms with Gasteiger partial charge in [-0.15, -0.1) is 11.3 Å². The number of benzene rings is 2. The van der Waals surface area contributed by atoms with E-state index in [4.69, 9.17) is 10.5 Å². The number of nitrogens with one attached hydrogen (secondary N) is 1. The number of aromatic nitrogens is 1. The standard InChI is InChI=1S/C23H22FN3OS/c1-2-10-26-14-15-3-5-16(6-4-15)22-13-19-23(29-22)21(9-11-27-19)28-20-8-7-17(25)12-18(20)24/h3-9,11-13,26H,2,10,14,25H2,1H3. The lowest BCUT2D eigenvalue weighted by molar-refractivity contribution is 0.447. The van der Waals surface area contributed by atoms with Crippen molar-refractivity contribution in [3.63, 3.8) is 0 Å². The molecule has 0 fully saturated rings. The van der Waals surface area contributed by atoms with Crippen LogP contribution in [-0.2, 0) is 6.54 Å². The number of nitrogen functional groups attached to an aromatic ring is 1. The fourth-order valence-electron chi connectivity index (χ4n) is 3.05. The summed E-state index contributed by atoms with van der Waals surface area (Å²) in [6, 6.07) is 16.7. The number of fused-ring (bicyclic) bond motifs is 1. The summed E-state index contributed by atoms with van der Waals surface area (Å²) in [6.45, 7) is 4.04. The molecule has 6 heteroatoms. The number of nitrogens with zero attached hydrogens (tertiary/aromatic N) is 1. The van der Waals surface area contributed by atoms with Crippen molar-refractivity contribution in [3.05, 3.63) is 72.2 Å². The minimum atomic E-state index is -0.487. The fourth-order valence-corrected chi connectivity index (χ4v) is 4.12. The first-order valence-corrected chi connectivity index (χ1v) is 10.4. The Bertz CT molecular complexity index is 1120. The van der Waals surface area contributed by atoms with Crippen molar-refractivity contribution in [2.45, 2.75) is 19.9 Å². The summed E-state index contributed by atoms with van der Waals surface area (Å²) >= 11 is 1.58. The molecule has 2 aromatic heterocycles. The first kappa shape index (κ1) is 19.4. The highest BCUT2D eigenvalue weighted by Gasteiger charge is 2.13. The van der Waals surface area contributed by atoms with E-state index in [1.165, 1.54) is 17.7 Å². The highest BCUT2D eigenvalue weighted by atomic mass is 32.1. The van der Waals surface area contributed by atoms with Gasteiger partial charge in [-0.2, -0.15) is 0 Å². The molecule has 29 heavy (non-hydrogen) atoms. The van der Waals surface area contributed by atoms with E-state index in [0.29, 0.717) is 11.4 Å². The van der Waals surface area contributed by atoms with Crippen LogP contribution in [0.25, 0.3) is 20.7 Å². The third-order valence-electron chi connectivity index (χ3n) is 4.55. The molecule has 0 aliphatic heterocycles. The summed E-state index contributed by atoms with van der Waals surface area (Å²) in [5.41, 5.74) is 9.18. The molecule has 0 spiro atoms. The van der Waals surface area contributed by atoms with Gasteiger partial charge in [-0.25, -0.2) is 4.39 Å². The minimum absolute atomic E-state index is 0.144. The average molecular weight is 408 g/mol. The summed E-state index contributed by atoms with van der Waals surface area (Å²) in [6.07, 6.45) is 2.80. The van der Waals surface area contributed by atoms with E-state index in [-0.39, 0.29) is 5.75 Å². The molecule has 2 heterocycles. The molecule has 0 bridgehead atoms. The predicted molar refractivity (Wildman–Crippen MR) is 118 cm³/mol. The van der Waals surface area contributed by atoms with Crippen LogP contribution < -0.4 is 15.8 Å². The largest absolute Gasteiger partial charge is 0.453 e. The summed E-state index contributed by atoms with van der Waals surface area (Å²) < 4.78 is 20.8. The Kier molecular flexibility index (Phi) is 5.74.